The number of aryl methyl sites for hydroxylation is 1. The minimum atomic E-state index is -0.194. The Hall–Kier alpha value is -0.830. The summed E-state index contributed by atoms with van der Waals surface area (Å²) in [6.07, 6.45) is 0. The molecular weight excluding hydrogens is 298 g/mol. The van der Waals surface area contributed by atoms with E-state index < -0.39 is 0 Å². The van der Waals surface area contributed by atoms with E-state index >= 15 is 0 Å². The lowest BCUT2D eigenvalue weighted by Crippen LogP contribution is -2.12. The van der Waals surface area contributed by atoms with Gasteiger partial charge in [-0.15, -0.1) is 0 Å². The fourth-order valence-corrected chi connectivity index (χ4v) is 2.36. The molecule has 0 spiro atoms. The van der Waals surface area contributed by atoms with Crippen LogP contribution in [0.1, 0.15) is 22.7 Å². The number of nitrogens with two attached hydrogens (primary N) is 1. The highest BCUT2D eigenvalue weighted by Crippen LogP contribution is 2.28. The average Bonchev–Trinajstić information content (AvgIpc) is 2.32. The maximum absolute atomic E-state index is 6.23. The van der Waals surface area contributed by atoms with E-state index in [1.807, 2.05) is 36.4 Å². The van der Waals surface area contributed by atoms with Crippen molar-refractivity contribution in [2.24, 2.45) is 5.73 Å². The molecule has 0 saturated carbocycles. The Kier molecular flexibility index (Phi) is 3.87. The second kappa shape index (κ2) is 5.21. The molecule has 1 atom stereocenters. The number of halogens is 2. The summed E-state index contributed by atoms with van der Waals surface area (Å²) < 4.78 is 1.07. The van der Waals surface area contributed by atoms with Gasteiger partial charge in [0, 0.05) is 9.50 Å². The van der Waals surface area contributed by atoms with Gasteiger partial charge in [-0.25, -0.2) is 0 Å². The molecule has 0 radical (unpaired) electrons. The fraction of sp³-hybridized carbons (Fsp3) is 0.143. The van der Waals surface area contributed by atoms with Crippen LogP contribution >= 0.6 is 27.5 Å². The molecule has 2 aromatic carbocycles. The standard InChI is InChI=1S/C14H13BrClN/c1-9-6-7-10(8-12(9)15)14(17)11-4-2-3-5-13(11)16/h2-8,14H,17H2,1H3. The van der Waals surface area contributed by atoms with E-state index in [1.165, 1.54) is 5.56 Å². The van der Waals surface area contributed by atoms with Crippen molar-refractivity contribution in [1.82, 2.24) is 0 Å². The summed E-state index contributed by atoms with van der Waals surface area (Å²) >= 11 is 9.67. The van der Waals surface area contributed by atoms with Crippen LogP contribution < -0.4 is 5.73 Å². The quantitative estimate of drug-likeness (QED) is 0.871. The van der Waals surface area contributed by atoms with Crippen LogP contribution in [0.2, 0.25) is 5.02 Å². The third-order valence-electron chi connectivity index (χ3n) is 2.80. The Labute approximate surface area is 115 Å². The topological polar surface area (TPSA) is 26.0 Å². The van der Waals surface area contributed by atoms with Crippen molar-refractivity contribution in [3.05, 3.63) is 68.7 Å². The SMILES string of the molecule is Cc1ccc(C(N)c2ccccc2Cl)cc1Br. The van der Waals surface area contributed by atoms with Crippen molar-refractivity contribution >= 4 is 27.5 Å². The van der Waals surface area contributed by atoms with Crippen LogP contribution in [0.3, 0.4) is 0 Å². The molecule has 2 aromatic rings. The fourth-order valence-electron chi connectivity index (χ4n) is 1.71. The first-order chi connectivity index (χ1) is 8.09. The summed E-state index contributed by atoms with van der Waals surface area (Å²) in [4.78, 5) is 0. The number of hydrogen-bond donors (Lipinski definition) is 1. The van der Waals surface area contributed by atoms with Gasteiger partial charge in [-0.05, 0) is 35.7 Å². The maximum Gasteiger partial charge on any atom is 0.0566 e. The number of benzene rings is 2. The van der Waals surface area contributed by atoms with Gasteiger partial charge in [0.25, 0.3) is 0 Å². The van der Waals surface area contributed by atoms with Crippen molar-refractivity contribution in [3.8, 4) is 0 Å². The molecule has 2 N–H and O–H groups in total. The number of hydrogen-bond acceptors (Lipinski definition) is 1. The summed E-state index contributed by atoms with van der Waals surface area (Å²) in [6.45, 7) is 2.05. The number of rotatable bonds is 2. The largest absolute Gasteiger partial charge is 0.320 e. The van der Waals surface area contributed by atoms with E-state index in [0.717, 1.165) is 15.6 Å². The van der Waals surface area contributed by atoms with Crippen LogP contribution in [0.4, 0.5) is 0 Å². The Morgan fingerprint density at radius 2 is 1.88 bits per heavy atom. The van der Waals surface area contributed by atoms with E-state index in [0.29, 0.717) is 5.02 Å². The first kappa shape index (κ1) is 12.6. The molecule has 0 aliphatic heterocycles. The van der Waals surface area contributed by atoms with Gasteiger partial charge >= 0.3 is 0 Å². The summed E-state index contributed by atoms with van der Waals surface area (Å²) in [5, 5.41) is 0.705. The van der Waals surface area contributed by atoms with E-state index in [-0.39, 0.29) is 6.04 Å². The molecule has 3 heteroatoms. The van der Waals surface area contributed by atoms with Crippen LogP contribution in [0.25, 0.3) is 0 Å². The second-order valence-electron chi connectivity index (χ2n) is 4.01. The molecule has 0 aromatic heterocycles. The molecule has 1 nitrogen and oxygen atoms in total. The maximum atomic E-state index is 6.23. The molecular formula is C14H13BrClN. The van der Waals surface area contributed by atoms with Crippen LogP contribution in [0.15, 0.2) is 46.9 Å². The predicted octanol–water partition coefficient (Wildman–Crippen LogP) is 4.46. The molecule has 88 valence electrons. The van der Waals surface area contributed by atoms with E-state index in [9.17, 15) is 0 Å². The molecule has 0 heterocycles. The second-order valence-corrected chi connectivity index (χ2v) is 5.27. The van der Waals surface area contributed by atoms with Crippen molar-refractivity contribution in [2.75, 3.05) is 0 Å². The van der Waals surface area contributed by atoms with Crippen molar-refractivity contribution in [3.63, 3.8) is 0 Å². The van der Waals surface area contributed by atoms with Crippen molar-refractivity contribution < 1.29 is 0 Å². The third-order valence-corrected chi connectivity index (χ3v) is 3.99. The van der Waals surface area contributed by atoms with Crippen molar-refractivity contribution in [2.45, 2.75) is 13.0 Å². The zero-order chi connectivity index (χ0) is 12.4. The molecule has 2 rings (SSSR count). The van der Waals surface area contributed by atoms with E-state index in [1.54, 1.807) is 0 Å². The lowest BCUT2D eigenvalue weighted by atomic mass is 9.99. The Balaban J connectivity index is 2.40. The lowest BCUT2D eigenvalue weighted by Gasteiger charge is -2.15. The summed E-state index contributed by atoms with van der Waals surface area (Å²) in [6, 6.07) is 13.6. The van der Waals surface area contributed by atoms with Gasteiger partial charge in [-0.2, -0.15) is 0 Å². The molecule has 0 aliphatic carbocycles. The van der Waals surface area contributed by atoms with Gasteiger partial charge in [-0.1, -0.05) is 57.9 Å². The highest BCUT2D eigenvalue weighted by Gasteiger charge is 2.12. The van der Waals surface area contributed by atoms with Crippen LogP contribution in [0, 0.1) is 6.92 Å². The Morgan fingerprint density at radius 3 is 2.53 bits per heavy atom. The van der Waals surface area contributed by atoms with Crippen LogP contribution in [-0.4, -0.2) is 0 Å². The molecule has 0 aliphatic rings. The molecule has 17 heavy (non-hydrogen) atoms. The minimum absolute atomic E-state index is 0.194. The normalized spacial score (nSPS) is 12.5. The Morgan fingerprint density at radius 1 is 1.18 bits per heavy atom. The van der Waals surface area contributed by atoms with E-state index in [4.69, 9.17) is 17.3 Å². The monoisotopic (exact) mass is 309 g/mol. The molecule has 0 fully saturated rings. The third kappa shape index (κ3) is 2.71. The lowest BCUT2D eigenvalue weighted by molar-refractivity contribution is 0.870. The highest BCUT2D eigenvalue weighted by atomic mass is 79.9. The van der Waals surface area contributed by atoms with Crippen molar-refractivity contribution in [1.29, 1.82) is 0 Å². The van der Waals surface area contributed by atoms with Gasteiger partial charge in [0.2, 0.25) is 0 Å². The zero-order valence-corrected chi connectivity index (χ0v) is 11.8. The predicted molar refractivity (Wildman–Crippen MR) is 76.4 cm³/mol. The highest BCUT2D eigenvalue weighted by molar-refractivity contribution is 9.10. The van der Waals surface area contributed by atoms with Gasteiger partial charge in [-0.3, -0.25) is 0 Å². The van der Waals surface area contributed by atoms with E-state index in [2.05, 4.69) is 28.9 Å². The molecule has 0 bridgehead atoms. The average molecular weight is 311 g/mol. The first-order valence-electron chi connectivity index (χ1n) is 5.35. The minimum Gasteiger partial charge on any atom is -0.320 e. The summed E-state index contributed by atoms with van der Waals surface area (Å²) in [5.41, 5.74) is 9.43. The smallest absolute Gasteiger partial charge is 0.0566 e. The van der Waals surface area contributed by atoms with Gasteiger partial charge in [0.15, 0.2) is 0 Å². The first-order valence-corrected chi connectivity index (χ1v) is 6.52. The van der Waals surface area contributed by atoms with Crippen LogP contribution in [0.5, 0.6) is 0 Å². The molecule has 1 unspecified atom stereocenters. The molecule has 0 amide bonds. The summed E-state index contributed by atoms with van der Waals surface area (Å²) in [7, 11) is 0. The molecule has 0 saturated heterocycles. The van der Waals surface area contributed by atoms with Crippen LogP contribution in [-0.2, 0) is 0 Å². The van der Waals surface area contributed by atoms with Gasteiger partial charge < -0.3 is 5.73 Å². The summed E-state index contributed by atoms with van der Waals surface area (Å²) in [5.74, 6) is 0. The van der Waals surface area contributed by atoms with Gasteiger partial charge in [0.1, 0.15) is 0 Å². The zero-order valence-electron chi connectivity index (χ0n) is 9.45. The van der Waals surface area contributed by atoms with Gasteiger partial charge in [0.05, 0.1) is 6.04 Å². The Bertz CT molecular complexity index is 539.